The third-order valence-corrected chi connectivity index (χ3v) is 2.68. The molecule has 102 valence electrons. The largest absolute Gasteiger partial charge is 0.480 e. The Kier molecular flexibility index (Phi) is 4.47. The molecule has 0 aromatic carbocycles. The zero-order valence-corrected chi connectivity index (χ0v) is 9.11. The molecule has 0 aliphatic rings. The third-order valence-electron chi connectivity index (χ3n) is 2.68. The van der Waals surface area contributed by atoms with Crippen molar-refractivity contribution in [3.05, 3.63) is 0 Å². The quantitative estimate of drug-likeness (QED) is 0.789. The monoisotopic (exact) mass is 266 g/mol. The summed E-state index contributed by atoms with van der Waals surface area (Å²) in [5.74, 6) is -3.91. The first kappa shape index (κ1) is 16.1. The molecule has 0 aliphatic carbocycles. The van der Waals surface area contributed by atoms with Gasteiger partial charge >= 0.3 is 18.3 Å². The fourth-order valence-electron chi connectivity index (χ4n) is 1.39. The predicted octanol–water partition coefficient (Wildman–Crippen LogP) is 3.62. The molecule has 0 rings (SSSR count). The summed E-state index contributed by atoms with van der Waals surface area (Å²) in [5.41, 5.74) is -4.69. The lowest BCUT2D eigenvalue weighted by atomic mass is 9.77. The van der Waals surface area contributed by atoms with Gasteiger partial charge in [0.15, 0.2) is 0 Å². The van der Waals surface area contributed by atoms with Crippen LogP contribution in [0.2, 0.25) is 0 Å². The van der Waals surface area contributed by atoms with Crippen molar-refractivity contribution in [1.29, 1.82) is 0 Å². The van der Waals surface area contributed by atoms with Gasteiger partial charge in [-0.1, -0.05) is 20.3 Å². The van der Waals surface area contributed by atoms with Crippen molar-refractivity contribution in [2.75, 3.05) is 0 Å². The lowest BCUT2D eigenvalue weighted by Crippen LogP contribution is -2.56. The number of carboxylic acid groups (broad SMARTS) is 1. The molecule has 0 bridgehead atoms. The van der Waals surface area contributed by atoms with E-state index in [1.165, 1.54) is 6.92 Å². The average molecular weight is 266 g/mol. The summed E-state index contributed by atoms with van der Waals surface area (Å²) >= 11 is 0. The number of carbonyl (C=O) groups is 1. The van der Waals surface area contributed by atoms with Gasteiger partial charge in [-0.3, -0.25) is 4.79 Å². The third kappa shape index (κ3) is 2.84. The fourth-order valence-corrected chi connectivity index (χ4v) is 1.39. The van der Waals surface area contributed by atoms with Crippen molar-refractivity contribution >= 4 is 5.97 Å². The summed E-state index contributed by atoms with van der Waals surface area (Å²) in [7, 11) is 0. The Morgan fingerprint density at radius 1 is 1.12 bits per heavy atom. The van der Waals surface area contributed by atoms with Crippen molar-refractivity contribution in [3.63, 3.8) is 0 Å². The fraction of sp³-hybridized carbons (Fsp3) is 0.889. The summed E-state index contributed by atoms with van der Waals surface area (Å²) in [5, 5.41) is 8.40. The van der Waals surface area contributed by atoms with Crippen LogP contribution >= 0.6 is 0 Å². The molecule has 8 heteroatoms. The van der Waals surface area contributed by atoms with Gasteiger partial charge in [0.2, 0.25) is 0 Å². The van der Waals surface area contributed by atoms with Crippen molar-refractivity contribution < 1.29 is 36.2 Å². The van der Waals surface area contributed by atoms with Gasteiger partial charge in [0, 0.05) is 0 Å². The molecule has 17 heavy (non-hydrogen) atoms. The normalized spacial score (nSPS) is 15.8. The molecular weight excluding hydrogens is 254 g/mol. The lowest BCUT2D eigenvalue weighted by Gasteiger charge is -2.35. The molecule has 0 saturated heterocycles. The Morgan fingerprint density at radius 3 is 1.65 bits per heavy atom. The van der Waals surface area contributed by atoms with E-state index in [0.717, 1.165) is 6.92 Å². The lowest BCUT2D eigenvalue weighted by molar-refractivity contribution is -0.335. The van der Waals surface area contributed by atoms with Gasteiger partial charge in [0.1, 0.15) is 0 Å². The molecule has 1 unspecified atom stereocenters. The average Bonchev–Trinajstić information content (AvgIpc) is 2.08. The van der Waals surface area contributed by atoms with Crippen LogP contribution in [0.15, 0.2) is 0 Å². The second-order valence-electron chi connectivity index (χ2n) is 3.92. The topological polar surface area (TPSA) is 37.3 Å². The summed E-state index contributed by atoms with van der Waals surface area (Å²) < 4.78 is 75.1. The molecule has 0 aromatic rings. The number of halogens is 6. The van der Waals surface area contributed by atoms with Crippen LogP contribution in [0.4, 0.5) is 26.3 Å². The number of alkyl halides is 6. The SMILES string of the molecule is CCC(C)CC(C(=O)O)(C(F)(F)F)C(F)(F)F. The van der Waals surface area contributed by atoms with E-state index in [1.807, 2.05) is 0 Å². The van der Waals surface area contributed by atoms with Gasteiger partial charge < -0.3 is 5.11 Å². The highest BCUT2D eigenvalue weighted by Crippen LogP contribution is 2.54. The van der Waals surface area contributed by atoms with E-state index in [-0.39, 0.29) is 6.42 Å². The summed E-state index contributed by atoms with van der Waals surface area (Å²) in [6.45, 7) is 2.54. The number of hydrogen-bond acceptors (Lipinski definition) is 1. The van der Waals surface area contributed by atoms with Gasteiger partial charge in [0.25, 0.3) is 5.41 Å². The number of carboxylic acids is 1. The van der Waals surface area contributed by atoms with Gasteiger partial charge in [-0.2, -0.15) is 26.3 Å². The molecule has 2 nitrogen and oxygen atoms in total. The Hall–Kier alpha value is -0.950. The maximum Gasteiger partial charge on any atom is 0.413 e. The maximum absolute atomic E-state index is 12.5. The van der Waals surface area contributed by atoms with Crippen molar-refractivity contribution in [2.24, 2.45) is 11.3 Å². The molecule has 0 aromatic heterocycles. The number of hydrogen-bond donors (Lipinski definition) is 1. The van der Waals surface area contributed by atoms with E-state index in [1.54, 1.807) is 0 Å². The minimum Gasteiger partial charge on any atom is -0.480 e. The van der Waals surface area contributed by atoms with Crippen LogP contribution in [0.1, 0.15) is 26.7 Å². The molecular formula is C9H12F6O2. The van der Waals surface area contributed by atoms with Gasteiger partial charge in [-0.15, -0.1) is 0 Å². The molecule has 0 radical (unpaired) electrons. The van der Waals surface area contributed by atoms with Gasteiger partial charge in [0.05, 0.1) is 0 Å². The summed E-state index contributed by atoms with van der Waals surface area (Å²) in [6.07, 6.45) is -13.2. The minimum atomic E-state index is -5.87. The zero-order chi connectivity index (χ0) is 14.1. The molecule has 1 N–H and O–H groups in total. The second-order valence-corrected chi connectivity index (χ2v) is 3.92. The first-order chi connectivity index (χ1) is 7.40. The van der Waals surface area contributed by atoms with E-state index in [2.05, 4.69) is 0 Å². The van der Waals surface area contributed by atoms with E-state index >= 15 is 0 Å². The molecule has 0 fully saturated rings. The zero-order valence-electron chi connectivity index (χ0n) is 9.11. The van der Waals surface area contributed by atoms with Crippen LogP contribution in [-0.4, -0.2) is 23.4 Å². The first-order valence-corrected chi connectivity index (χ1v) is 4.77. The van der Waals surface area contributed by atoms with E-state index in [0.29, 0.717) is 0 Å². The van der Waals surface area contributed by atoms with E-state index < -0.39 is 36.1 Å². The minimum absolute atomic E-state index is 0.0290. The Labute approximate surface area is 93.6 Å². The van der Waals surface area contributed by atoms with Crippen molar-refractivity contribution in [1.82, 2.24) is 0 Å². The Bertz CT molecular complexity index is 266. The van der Waals surface area contributed by atoms with Crippen LogP contribution in [0, 0.1) is 11.3 Å². The van der Waals surface area contributed by atoms with Crippen molar-refractivity contribution in [2.45, 2.75) is 39.0 Å². The molecule has 0 spiro atoms. The first-order valence-electron chi connectivity index (χ1n) is 4.77. The van der Waals surface area contributed by atoms with Crippen LogP contribution in [0.25, 0.3) is 0 Å². The van der Waals surface area contributed by atoms with Crippen molar-refractivity contribution in [3.8, 4) is 0 Å². The highest BCUT2D eigenvalue weighted by Gasteiger charge is 2.75. The Balaban J connectivity index is 5.69. The summed E-state index contributed by atoms with van der Waals surface area (Å²) in [6, 6.07) is 0. The van der Waals surface area contributed by atoms with E-state index in [9.17, 15) is 31.1 Å². The molecule has 0 heterocycles. The van der Waals surface area contributed by atoms with Crippen LogP contribution in [0.5, 0.6) is 0 Å². The smallest absolute Gasteiger partial charge is 0.413 e. The maximum atomic E-state index is 12.5. The molecule has 0 saturated carbocycles. The molecule has 1 atom stereocenters. The van der Waals surface area contributed by atoms with Crippen LogP contribution in [0.3, 0.4) is 0 Å². The Morgan fingerprint density at radius 2 is 1.47 bits per heavy atom. The number of aliphatic carboxylic acids is 1. The van der Waals surface area contributed by atoms with Crippen LogP contribution in [-0.2, 0) is 4.79 Å². The highest BCUT2D eigenvalue weighted by atomic mass is 19.4. The highest BCUT2D eigenvalue weighted by molar-refractivity contribution is 5.77. The van der Waals surface area contributed by atoms with Crippen LogP contribution < -0.4 is 0 Å². The predicted molar refractivity (Wildman–Crippen MR) is 46.3 cm³/mol. The molecule has 0 aliphatic heterocycles. The number of rotatable bonds is 4. The molecule has 0 amide bonds. The standard InChI is InChI=1S/C9H12F6O2/c1-3-5(2)4-7(6(16)17,8(10,11)12)9(13,14)15/h5H,3-4H2,1-2H3,(H,16,17). The van der Waals surface area contributed by atoms with E-state index in [4.69, 9.17) is 5.11 Å². The summed E-state index contributed by atoms with van der Waals surface area (Å²) in [4.78, 5) is 10.5. The second kappa shape index (κ2) is 4.73. The van der Waals surface area contributed by atoms with Gasteiger partial charge in [-0.25, -0.2) is 0 Å². The van der Waals surface area contributed by atoms with Gasteiger partial charge in [-0.05, 0) is 12.3 Å².